The fourth-order valence-corrected chi connectivity index (χ4v) is 2.13. The van der Waals surface area contributed by atoms with Crippen molar-refractivity contribution in [2.75, 3.05) is 20.3 Å². The SMILES string of the molecule is COc1c(C(C)(C)N)cc2c(c1Cl)OCCO2. The molecule has 0 fully saturated rings. The van der Waals surface area contributed by atoms with Gasteiger partial charge >= 0.3 is 0 Å². The van der Waals surface area contributed by atoms with Crippen molar-refractivity contribution in [1.29, 1.82) is 0 Å². The van der Waals surface area contributed by atoms with Crippen molar-refractivity contribution >= 4 is 11.6 Å². The Hall–Kier alpha value is -1.13. The first-order chi connectivity index (χ1) is 7.95. The number of benzene rings is 1. The van der Waals surface area contributed by atoms with Crippen LogP contribution in [0.5, 0.6) is 17.2 Å². The first-order valence-corrected chi connectivity index (χ1v) is 5.78. The van der Waals surface area contributed by atoms with Crippen LogP contribution >= 0.6 is 11.6 Å². The molecular formula is C12H16ClNO3. The highest BCUT2D eigenvalue weighted by atomic mass is 35.5. The van der Waals surface area contributed by atoms with Gasteiger partial charge < -0.3 is 19.9 Å². The van der Waals surface area contributed by atoms with Gasteiger partial charge in [-0.25, -0.2) is 0 Å². The van der Waals surface area contributed by atoms with E-state index in [1.807, 2.05) is 19.9 Å². The van der Waals surface area contributed by atoms with Crippen LogP contribution in [0.25, 0.3) is 0 Å². The Kier molecular flexibility index (Phi) is 3.10. The molecule has 94 valence electrons. The number of hydrogen-bond acceptors (Lipinski definition) is 4. The summed E-state index contributed by atoms with van der Waals surface area (Å²) in [5, 5.41) is 0.415. The van der Waals surface area contributed by atoms with Gasteiger partial charge in [-0.3, -0.25) is 0 Å². The molecule has 0 aliphatic carbocycles. The van der Waals surface area contributed by atoms with Crippen LogP contribution in [0.2, 0.25) is 5.02 Å². The Balaban J connectivity index is 2.64. The molecule has 2 N–H and O–H groups in total. The number of hydrogen-bond donors (Lipinski definition) is 1. The molecule has 0 saturated heterocycles. The third-order valence-electron chi connectivity index (χ3n) is 2.63. The summed E-state index contributed by atoms with van der Waals surface area (Å²) in [7, 11) is 1.56. The van der Waals surface area contributed by atoms with Crippen LogP contribution in [0.3, 0.4) is 0 Å². The van der Waals surface area contributed by atoms with Gasteiger partial charge in [0.25, 0.3) is 0 Å². The van der Waals surface area contributed by atoms with E-state index in [0.717, 1.165) is 5.56 Å². The number of halogens is 1. The third-order valence-corrected chi connectivity index (χ3v) is 2.97. The zero-order valence-corrected chi connectivity index (χ0v) is 10.9. The molecule has 0 bridgehead atoms. The summed E-state index contributed by atoms with van der Waals surface area (Å²) in [6.07, 6.45) is 0. The van der Waals surface area contributed by atoms with E-state index >= 15 is 0 Å². The second-order valence-electron chi connectivity index (χ2n) is 4.52. The van der Waals surface area contributed by atoms with Crippen LogP contribution in [0, 0.1) is 0 Å². The second kappa shape index (κ2) is 4.27. The Bertz CT molecular complexity index is 440. The number of ether oxygens (including phenoxy) is 3. The first kappa shape index (κ1) is 12.3. The van der Waals surface area contributed by atoms with Gasteiger partial charge in [0.2, 0.25) is 0 Å². The van der Waals surface area contributed by atoms with E-state index in [1.165, 1.54) is 0 Å². The summed E-state index contributed by atoms with van der Waals surface area (Å²) in [5.74, 6) is 1.70. The normalized spacial score (nSPS) is 14.6. The van der Waals surface area contributed by atoms with E-state index in [2.05, 4.69) is 0 Å². The minimum atomic E-state index is -0.565. The van der Waals surface area contributed by atoms with Crippen LogP contribution in [0.1, 0.15) is 19.4 Å². The molecule has 1 aliphatic heterocycles. The average molecular weight is 258 g/mol. The Morgan fingerprint density at radius 1 is 1.35 bits per heavy atom. The average Bonchev–Trinajstić information content (AvgIpc) is 2.28. The molecule has 4 nitrogen and oxygen atoms in total. The van der Waals surface area contributed by atoms with Crippen LogP contribution in [-0.4, -0.2) is 20.3 Å². The number of fused-ring (bicyclic) bond motifs is 1. The van der Waals surface area contributed by atoms with Gasteiger partial charge in [0.15, 0.2) is 11.5 Å². The largest absolute Gasteiger partial charge is 0.495 e. The van der Waals surface area contributed by atoms with Gasteiger partial charge in [-0.1, -0.05) is 11.6 Å². The van der Waals surface area contributed by atoms with Gasteiger partial charge in [0.05, 0.1) is 7.11 Å². The minimum absolute atomic E-state index is 0.415. The van der Waals surface area contributed by atoms with Crippen LogP contribution in [-0.2, 0) is 5.54 Å². The molecular weight excluding hydrogens is 242 g/mol. The molecule has 5 heteroatoms. The lowest BCUT2D eigenvalue weighted by Gasteiger charge is -2.27. The smallest absolute Gasteiger partial charge is 0.183 e. The summed E-state index contributed by atoms with van der Waals surface area (Å²) in [6, 6.07) is 1.83. The van der Waals surface area contributed by atoms with Gasteiger partial charge in [-0.15, -0.1) is 0 Å². The topological polar surface area (TPSA) is 53.7 Å². The van der Waals surface area contributed by atoms with Crippen molar-refractivity contribution < 1.29 is 14.2 Å². The summed E-state index contributed by atoms with van der Waals surface area (Å²) in [5.41, 5.74) is 6.34. The van der Waals surface area contributed by atoms with Crippen LogP contribution < -0.4 is 19.9 Å². The number of rotatable bonds is 2. The molecule has 0 amide bonds. The monoisotopic (exact) mass is 257 g/mol. The lowest BCUT2D eigenvalue weighted by Crippen LogP contribution is -2.30. The zero-order chi connectivity index (χ0) is 12.6. The molecule has 0 spiro atoms. The second-order valence-corrected chi connectivity index (χ2v) is 4.90. The molecule has 0 saturated carbocycles. The van der Waals surface area contributed by atoms with Gasteiger partial charge in [0, 0.05) is 11.1 Å². The molecule has 1 aromatic carbocycles. The van der Waals surface area contributed by atoms with Crippen molar-refractivity contribution in [3.8, 4) is 17.2 Å². The summed E-state index contributed by atoms with van der Waals surface area (Å²) >= 11 is 6.25. The number of methoxy groups -OCH3 is 1. The molecule has 1 aliphatic rings. The third kappa shape index (κ3) is 2.15. The highest BCUT2D eigenvalue weighted by molar-refractivity contribution is 6.34. The van der Waals surface area contributed by atoms with E-state index in [4.69, 9.17) is 31.5 Å². The van der Waals surface area contributed by atoms with E-state index < -0.39 is 5.54 Å². The van der Waals surface area contributed by atoms with Crippen LogP contribution in [0.15, 0.2) is 6.07 Å². The predicted octanol–water partition coefficient (Wildman–Crippen LogP) is 2.31. The van der Waals surface area contributed by atoms with Gasteiger partial charge in [-0.2, -0.15) is 0 Å². The maximum atomic E-state index is 6.25. The van der Waals surface area contributed by atoms with Crippen molar-refractivity contribution in [2.24, 2.45) is 5.73 Å². The van der Waals surface area contributed by atoms with E-state index in [0.29, 0.717) is 35.5 Å². The molecule has 2 rings (SSSR count). The lowest BCUT2D eigenvalue weighted by atomic mass is 9.94. The maximum Gasteiger partial charge on any atom is 0.183 e. The van der Waals surface area contributed by atoms with Crippen molar-refractivity contribution in [1.82, 2.24) is 0 Å². The van der Waals surface area contributed by atoms with Crippen molar-refractivity contribution in [2.45, 2.75) is 19.4 Å². The molecule has 1 aromatic rings. The standard InChI is InChI=1S/C12H16ClNO3/c1-12(2,14)7-6-8-11(17-5-4-16-8)9(13)10(7)15-3/h6H,4-5,14H2,1-3H3. The zero-order valence-electron chi connectivity index (χ0n) is 10.2. The van der Waals surface area contributed by atoms with E-state index in [9.17, 15) is 0 Å². The lowest BCUT2D eigenvalue weighted by molar-refractivity contribution is 0.170. The Morgan fingerprint density at radius 3 is 2.59 bits per heavy atom. The molecule has 0 aromatic heterocycles. The predicted molar refractivity (Wildman–Crippen MR) is 66.2 cm³/mol. The van der Waals surface area contributed by atoms with Crippen molar-refractivity contribution in [3.05, 3.63) is 16.7 Å². The fraction of sp³-hybridized carbons (Fsp3) is 0.500. The molecule has 0 atom stereocenters. The Labute approximate surface area is 106 Å². The molecule has 17 heavy (non-hydrogen) atoms. The molecule has 0 unspecified atom stereocenters. The van der Waals surface area contributed by atoms with Crippen LogP contribution in [0.4, 0.5) is 0 Å². The quantitative estimate of drug-likeness (QED) is 0.883. The summed E-state index contributed by atoms with van der Waals surface area (Å²) < 4.78 is 16.3. The van der Waals surface area contributed by atoms with E-state index in [1.54, 1.807) is 7.11 Å². The maximum absolute atomic E-state index is 6.25. The Morgan fingerprint density at radius 2 is 2.00 bits per heavy atom. The first-order valence-electron chi connectivity index (χ1n) is 5.40. The van der Waals surface area contributed by atoms with Gasteiger partial charge in [-0.05, 0) is 19.9 Å². The minimum Gasteiger partial charge on any atom is -0.495 e. The highest BCUT2D eigenvalue weighted by Crippen LogP contribution is 2.47. The summed E-state index contributed by atoms with van der Waals surface area (Å²) in [6.45, 7) is 4.77. The summed E-state index contributed by atoms with van der Waals surface area (Å²) in [4.78, 5) is 0. The highest BCUT2D eigenvalue weighted by Gasteiger charge is 2.28. The molecule has 0 radical (unpaired) electrons. The number of nitrogens with two attached hydrogens (primary N) is 1. The fourth-order valence-electron chi connectivity index (χ4n) is 1.81. The van der Waals surface area contributed by atoms with E-state index in [-0.39, 0.29) is 0 Å². The van der Waals surface area contributed by atoms with Crippen molar-refractivity contribution in [3.63, 3.8) is 0 Å². The van der Waals surface area contributed by atoms with Gasteiger partial charge in [0.1, 0.15) is 24.0 Å². The molecule has 1 heterocycles.